The van der Waals surface area contributed by atoms with Crippen molar-refractivity contribution in [3.05, 3.63) is 50.7 Å². The zero-order valence-electron chi connectivity index (χ0n) is 18.0. The molecule has 30 heavy (non-hydrogen) atoms. The summed E-state index contributed by atoms with van der Waals surface area (Å²) >= 11 is 0. The maximum atomic E-state index is 12.8. The molecule has 9 nitrogen and oxygen atoms in total. The number of fused-ring (bicyclic) bond motifs is 1. The fourth-order valence-electron chi connectivity index (χ4n) is 3.14. The Bertz CT molecular complexity index is 1140. The molecule has 1 unspecified atom stereocenters. The molecule has 0 amide bonds. The number of aromatic nitrogens is 4. The van der Waals surface area contributed by atoms with E-state index in [4.69, 9.17) is 4.74 Å². The third-order valence-electron chi connectivity index (χ3n) is 4.87. The number of nitrogens with zero attached hydrogens (tertiary/aromatic N) is 4. The molecular weight excluding hydrogens is 386 g/mol. The molecule has 2 aromatic heterocycles. The largest absolute Gasteiger partial charge is 0.491 e. The summed E-state index contributed by atoms with van der Waals surface area (Å²) in [5.41, 5.74) is 0.761. The van der Waals surface area contributed by atoms with Gasteiger partial charge >= 0.3 is 5.69 Å². The highest BCUT2D eigenvalue weighted by Crippen LogP contribution is 2.18. The monoisotopic (exact) mass is 415 g/mol. The first kappa shape index (κ1) is 21.6. The first-order chi connectivity index (χ1) is 14.2. The third kappa shape index (κ3) is 4.40. The molecule has 0 aliphatic heterocycles. The molecule has 2 N–H and O–H groups in total. The Morgan fingerprint density at radius 3 is 2.43 bits per heavy atom. The van der Waals surface area contributed by atoms with Gasteiger partial charge in [0.15, 0.2) is 11.2 Å². The number of ether oxygens (including phenoxy) is 1. The van der Waals surface area contributed by atoms with Crippen LogP contribution in [0.25, 0.3) is 11.2 Å². The molecule has 0 aliphatic carbocycles. The average molecular weight is 415 g/mol. The molecule has 9 heteroatoms. The summed E-state index contributed by atoms with van der Waals surface area (Å²) in [7, 11) is 3.00. The van der Waals surface area contributed by atoms with Gasteiger partial charge < -0.3 is 19.7 Å². The van der Waals surface area contributed by atoms with Crippen LogP contribution in [0.15, 0.2) is 33.9 Å². The number of aryl methyl sites for hydroxylation is 2. The van der Waals surface area contributed by atoms with Gasteiger partial charge in [0, 0.05) is 20.6 Å². The SMILES string of the molecule is Cc1ccc(OCC(O)Cn2c(NCC(C)C)nc3c2c(=O)n(C)c(=O)n3C)cc1. The Morgan fingerprint density at radius 1 is 1.13 bits per heavy atom. The van der Waals surface area contributed by atoms with Crippen LogP contribution in [-0.2, 0) is 20.6 Å². The second-order valence-electron chi connectivity index (χ2n) is 7.98. The number of aliphatic hydroxyl groups excluding tert-OH is 1. The van der Waals surface area contributed by atoms with Crippen LogP contribution < -0.4 is 21.3 Å². The summed E-state index contributed by atoms with van der Waals surface area (Å²) in [6.07, 6.45) is -0.884. The molecule has 0 fully saturated rings. The standard InChI is InChI=1S/C21H29N5O4/c1-13(2)10-22-20-23-18-17(19(28)25(5)21(29)24(18)4)26(20)11-15(27)12-30-16-8-6-14(3)7-9-16/h6-9,13,15,27H,10-12H2,1-5H3,(H,22,23). The van der Waals surface area contributed by atoms with Crippen LogP contribution in [0.5, 0.6) is 5.75 Å². The predicted molar refractivity (Wildman–Crippen MR) is 116 cm³/mol. The van der Waals surface area contributed by atoms with Gasteiger partial charge in [0.25, 0.3) is 5.56 Å². The molecule has 3 aromatic rings. The zero-order chi connectivity index (χ0) is 22.0. The van der Waals surface area contributed by atoms with E-state index in [1.807, 2.05) is 31.2 Å². The minimum Gasteiger partial charge on any atom is -0.491 e. The molecule has 0 bridgehead atoms. The van der Waals surface area contributed by atoms with Crippen molar-refractivity contribution in [2.45, 2.75) is 33.4 Å². The number of benzene rings is 1. The van der Waals surface area contributed by atoms with E-state index in [-0.39, 0.29) is 24.3 Å². The highest BCUT2D eigenvalue weighted by atomic mass is 16.5. The molecule has 0 saturated carbocycles. The fraction of sp³-hybridized carbons (Fsp3) is 0.476. The van der Waals surface area contributed by atoms with Gasteiger partial charge in [-0.3, -0.25) is 13.9 Å². The molecule has 0 spiro atoms. The molecule has 3 rings (SSSR count). The van der Waals surface area contributed by atoms with Gasteiger partial charge in [-0.2, -0.15) is 4.98 Å². The second kappa shape index (κ2) is 8.74. The van der Waals surface area contributed by atoms with E-state index in [1.54, 1.807) is 11.6 Å². The van der Waals surface area contributed by atoms with Crippen molar-refractivity contribution in [1.82, 2.24) is 18.7 Å². The summed E-state index contributed by atoms with van der Waals surface area (Å²) in [5, 5.41) is 13.8. The Hall–Kier alpha value is -3.07. The number of hydrogen-bond donors (Lipinski definition) is 2. The quantitative estimate of drug-likeness (QED) is 0.574. The molecule has 1 atom stereocenters. The van der Waals surface area contributed by atoms with Crippen LogP contribution in [0.2, 0.25) is 0 Å². The molecule has 0 radical (unpaired) electrons. The van der Waals surface area contributed by atoms with Gasteiger partial charge in [-0.15, -0.1) is 0 Å². The lowest BCUT2D eigenvalue weighted by molar-refractivity contribution is 0.0938. The van der Waals surface area contributed by atoms with Gasteiger partial charge in [-0.1, -0.05) is 31.5 Å². The van der Waals surface area contributed by atoms with E-state index in [0.29, 0.717) is 24.2 Å². The van der Waals surface area contributed by atoms with Crippen molar-refractivity contribution in [3.8, 4) is 5.75 Å². The van der Waals surface area contributed by atoms with Crippen LogP contribution in [-0.4, -0.2) is 43.0 Å². The first-order valence-electron chi connectivity index (χ1n) is 9.96. The Kier molecular flexibility index (Phi) is 6.31. The van der Waals surface area contributed by atoms with Gasteiger partial charge in [0.2, 0.25) is 5.95 Å². The molecule has 1 aromatic carbocycles. The average Bonchev–Trinajstić information content (AvgIpc) is 3.07. The predicted octanol–water partition coefficient (Wildman–Crippen LogP) is 1.25. The van der Waals surface area contributed by atoms with Gasteiger partial charge in [0.1, 0.15) is 18.5 Å². The number of nitrogens with one attached hydrogen (secondary N) is 1. The molecule has 0 saturated heterocycles. The summed E-state index contributed by atoms with van der Waals surface area (Å²) in [6, 6.07) is 7.55. The molecule has 2 heterocycles. The molecule has 0 aliphatic rings. The number of imidazole rings is 1. The van der Waals surface area contributed by atoms with Gasteiger partial charge in [-0.25, -0.2) is 4.79 Å². The van der Waals surface area contributed by atoms with Crippen LogP contribution in [0.4, 0.5) is 5.95 Å². The van der Waals surface area contributed by atoms with E-state index in [9.17, 15) is 14.7 Å². The smallest absolute Gasteiger partial charge is 0.332 e. The van der Waals surface area contributed by atoms with E-state index in [0.717, 1.165) is 10.1 Å². The summed E-state index contributed by atoms with van der Waals surface area (Å²) < 4.78 is 9.68. The number of rotatable bonds is 8. The minimum absolute atomic E-state index is 0.0540. The topological polar surface area (TPSA) is 103 Å². The van der Waals surface area contributed by atoms with Crippen molar-refractivity contribution in [1.29, 1.82) is 0 Å². The summed E-state index contributed by atoms with van der Waals surface area (Å²) in [6.45, 7) is 6.88. The van der Waals surface area contributed by atoms with Crippen molar-refractivity contribution >= 4 is 17.1 Å². The lowest BCUT2D eigenvalue weighted by Crippen LogP contribution is -2.38. The van der Waals surface area contributed by atoms with Crippen molar-refractivity contribution in [3.63, 3.8) is 0 Å². The minimum atomic E-state index is -0.884. The number of aliphatic hydroxyl groups is 1. The van der Waals surface area contributed by atoms with Crippen molar-refractivity contribution in [2.24, 2.45) is 20.0 Å². The highest BCUT2D eigenvalue weighted by molar-refractivity contribution is 5.74. The van der Waals surface area contributed by atoms with Gasteiger partial charge in [0.05, 0.1) is 6.54 Å². The maximum Gasteiger partial charge on any atom is 0.332 e. The fourth-order valence-corrected chi connectivity index (χ4v) is 3.14. The summed E-state index contributed by atoms with van der Waals surface area (Å²) in [4.78, 5) is 29.6. The van der Waals surface area contributed by atoms with Crippen LogP contribution >= 0.6 is 0 Å². The van der Waals surface area contributed by atoms with E-state index >= 15 is 0 Å². The Balaban J connectivity index is 1.93. The maximum absolute atomic E-state index is 12.8. The van der Waals surface area contributed by atoms with E-state index < -0.39 is 17.4 Å². The molecule has 162 valence electrons. The zero-order valence-corrected chi connectivity index (χ0v) is 18.0. The van der Waals surface area contributed by atoms with Crippen LogP contribution in [0, 0.1) is 12.8 Å². The van der Waals surface area contributed by atoms with E-state index in [1.165, 1.54) is 11.6 Å². The summed E-state index contributed by atoms with van der Waals surface area (Å²) in [5.74, 6) is 1.44. The normalized spacial score (nSPS) is 12.5. The van der Waals surface area contributed by atoms with Crippen LogP contribution in [0.1, 0.15) is 19.4 Å². The lowest BCUT2D eigenvalue weighted by atomic mass is 10.2. The van der Waals surface area contributed by atoms with Crippen LogP contribution in [0.3, 0.4) is 0 Å². The third-order valence-corrected chi connectivity index (χ3v) is 4.87. The number of anilines is 1. The lowest BCUT2D eigenvalue weighted by Gasteiger charge is -2.16. The highest BCUT2D eigenvalue weighted by Gasteiger charge is 2.21. The van der Waals surface area contributed by atoms with Crippen molar-refractivity contribution in [2.75, 3.05) is 18.5 Å². The van der Waals surface area contributed by atoms with Gasteiger partial charge in [-0.05, 0) is 25.0 Å². The Morgan fingerprint density at radius 2 is 1.80 bits per heavy atom. The van der Waals surface area contributed by atoms with E-state index in [2.05, 4.69) is 24.1 Å². The first-order valence-corrected chi connectivity index (χ1v) is 9.96. The second-order valence-corrected chi connectivity index (χ2v) is 7.98. The number of hydrogen-bond acceptors (Lipinski definition) is 6. The Labute approximate surface area is 174 Å². The molecular formula is C21H29N5O4. The van der Waals surface area contributed by atoms with Crippen molar-refractivity contribution < 1.29 is 9.84 Å².